The summed E-state index contributed by atoms with van der Waals surface area (Å²) >= 11 is 5.97. The molecule has 38 heavy (non-hydrogen) atoms. The number of likely N-dealkylation sites (N-methyl/N-ethyl adjacent to an activating group) is 1. The number of aromatic nitrogens is 2. The van der Waals surface area contributed by atoms with Crippen molar-refractivity contribution in [3.05, 3.63) is 82.6 Å². The molecule has 2 aromatic carbocycles. The van der Waals surface area contributed by atoms with Gasteiger partial charge in [0.15, 0.2) is 0 Å². The number of aryl methyl sites for hydroxylation is 2. The second-order valence-corrected chi connectivity index (χ2v) is 10.3. The average molecular weight is 531 g/mol. The number of imidazole rings is 1. The monoisotopic (exact) mass is 530 g/mol. The van der Waals surface area contributed by atoms with E-state index in [4.69, 9.17) is 16.6 Å². The predicted octanol–water partition coefficient (Wildman–Crippen LogP) is 6.31. The number of hydrogen-bond acceptors (Lipinski definition) is 4. The Bertz CT molecular complexity index is 1410. The van der Waals surface area contributed by atoms with Crippen molar-refractivity contribution in [2.45, 2.75) is 33.7 Å². The molecule has 2 aromatic heterocycles. The molecule has 1 aliphatic rings. The number of anilines is 2. The molecule has 0 spiro atoms. The van der Waals surface area contributed by atoms with E-state index in [0.717, 1.165) is 67.3 Å². The molecule has 2 amide bonds. The van der Waals surface area contributed by atoms with Crippen molar-refractivity contribution in [1.29, 1.82) is 0 Å². The van der Waals surface area contributed by atoms with E-state index >= 15 is 0 Å². The number of pyridine rings is 1. The molecule has 3 heterocycles. The second-order valence-electron chi connectivity index (χ2n) is 9.86. The van der Waals surface area contributed by atoms with Gasteiger partial charge in [-0.3, -0.25) is 14.6 Å². The number of nitrogens with one attached hydrogen (secondary N) is 2. The van der Waals surface area contributed by atoms with Crippen molar-refractivity contribution in [1.82, 2.24) is 19.2 Å². The van der Waals surface area contributed by atoms with Gasteiger partial charge in [0.05, 0.1) is 5.69 Å². The molecule has 4 aromatic rings. The first-order valence-corrected chi connectivity index (χ1v) is 13.7. The summed E-state index contributed by atoms with van der Waals surface area (Å²) in [5.74, 6) is 0.682. The minimum absolute atomic E-state index is 0.323. The third kappa shape index (κ3) is 5.85. The maximum absolute atomic E-state index is 12.8. The number of carbonyl (C=O) groups excluding carboxylic acids is 1. The molecular formula is C30H35ClN6O. The zero-order chi connectivity index (χ0) is 26.6. The fourth-order valence-corrected chi connectivity index (χ4v) is 5.15. The van der Waals surface area contributed by atoms with Crippen molar-refractivity contribution in [3.8, 4) is 11.1 Å². The van der Waals surface area contributed by atoms with Crippen LogP contribution < -0.4 is 10.6 Å². The van der Waals surface area contributed by atoms with Gasteiger partial charge < -0.3 is 10.2 Å². The van der Waals surface area contributed by atoms with E-state index in [1.807, 2.05) is 11.3 Å². The molecule has 5 rings (SSSR count). The third-order valence-electron chi connectivity index (χ3n) is 7.25. The summed E-state index contributed by atoms with van der Waals surface area (Å²) in [7, 11) is 0. The highest BCUT2D eigenvalue weighted by atomic mass is 35.5. The fraction of sp³-hybridized carbons (Fsp3) is 0.333. The van der Waals surface area contributed by atoms with E-state index in [0.29, 0.717) is 22.9 Å². The van der Waals surface area contributed by atoms with E-state index < -0.39 is 0 Å². The van der Waals surface area contributed by atoms with Crippen molar-refractivity contribution in [2.24, 2.45) is 0 Å². The number of rotatable bonds is 7. The van der Waals surface area contributed by atoms with Crippen LogP contribution >= 0.6 is 11.6 Å². The molecule has 0 aliphatic carbocycles. The zero-order valence-electron chi connectivity index (χ0n) is 22.3. The maximum Gasteiger partial charge on any atom is 0.324 e. The van der Waals surface area contributed by atoms with Crippen molar-refractivity contribution < 1.29 is 4.79 Å². The van der Waals surface area contributed by atoms with Gasteiger partial charge in [-0.25, -0.2) is 9.78 Å². The van der Waals surface area contributed by atoms with Crippen molar-refractivity contribution in [3.63, 3.8) is 0 Å². The van der Waals surface area contributed by atoms with E-state index in [2.05, 4.69) is 70.8 Å². The topological polar surface area (TPSA) is 64.9 Å². The highest BCUT2D eigenvalue weighted by Gasteiger charge is 2.18. The Balaban J connectivity index is 1.36. The molecule has 198 valence electrons. The lowest BCUT2D eigenvalue weighted by molar-refractivity contribution is 0.132. The molecule has 1 fully saturated rings. The van der Waals surface area contributed by atoms with Crippen LogP contribution in [0.4, 0.5) is 16.3 Å². The van der Waals surface area contributed by atoms with Crippen LogP contribution in [-0.4, -0.2) is 57.9 Å². The summed E-state index contributed by atoms with van der Waals surface area (Å²) in [4.78, 5) is 22.7. The number of nitrogens with zero attached hydrogens (tertiary/aromatic N) is 4. The van der Waals surface area contributed by atoms with Gasteiger partial charge in [0, 0.05) is 49.6 Å². The predicted molar refractivity (Wildman–Crippen MR) is 156 cm³/mol. The lowest BCUT2D eigenvalue weighted by Gasteiger charge is -2.34. The number of urea groups is 1. The quantitative estimate of drug-likeness (QED) is 0.294. The molecule has 0 radical (unpaired) electrons. The Morgan fingerprint density at radius 1 is 0.921 bits per heavy atom. The van der Waals surface area contributed by atoms with Crippen LogP contribution in [0.1, 0.15) is 30.7 Å². The van der Waals surface area contributed by atoms with Gasteiger partial charge in [0.2, 0.25) is 0 Å². The van der Waals surface area contributed by atoms with Crippen LogP contribution in [0.2, 0.25) is 5.02 Å². The number of benzene rings is 2. The van der Waals surface area contributed by atoms with Crippen LogP contribution in [0.25, 0.3) is 16.8 Å². The Labute approximate surface area is 229 Å². The summed E-state index contributed by atoms with van der Waals surface area (Å²) in [6, 6.07) is 17.7. The van der Waals surface area contributed by atoms with Gasteiger partial charge in [-0.15, -0.1) is 0 Å². The SMILES string of the molecule is CCc1nc2c(C)cc(-c3ccc(CN4CCN(CC)CC4)cc3)cn2c1NC(=O)Nc1ccc(Cl)cc1. The van der Waals surface area contributed by atoms with E-state index in [-0.39, 0.29) is 6.03 Å². The molecule has 0 atom stereocenters. The number of fused-ring (bicyclic) bond motifs is 1. The summed E-state index contributed by atoms with van der Waals surface area (Å²) in [5, 5.41) is 6.52. The average Bonchev–Trinajstić information content (AvgIpc) is 3.28. The van der Waals surface area contributed by atoms with Gasteiger partial charge in [-0.1, -0.05) is 49.7 Å². The minimum atomic E-state index is -0.323. The molecule has 0 bridgehead atoms. The van der Waals surface area contributed by atoms with Gasteiger partial charge in [-0.05, 0) is 72.5 Å². The second kappa shape index (κ2) is 11.6. The maximum atomic E-state index is 12.8. The number of piperazine rings is 1. The van der Waals surface area contributed by atoms with Crippen LogP contribution in [0.15, 0.2) is 60.8 Å². The van der Waals surface area contributed by atoms with Crippen molar-refractivity contribution in [2.75, 3.05) is 43.4 Å². The van der Waals surface area contributed by atoms with Crippen LogP contribution in [0, 0.1) is 6.92 Å². The summed E-state index contributed by atoms with van der Waals surface area (Å²) in [6.45, 7) is 13.0. The first-order chi connectivity index (χ1) is 18.4. The van der Waals surface area contributed by atoms with Crippen LogP contribution in [0.3, 0.4) is 0 Å². The van der Waals surface area contributed by atoms with Gasteiger partial charge in [0.1, 0.15) is 11.5 Å². The normalized spacial score (nSPS) is 14.6. The Morgan fingerprint density at radius 3 is 2.26 bits per heavy atom. The van der Waals surface area contributed by atoms with Gasteiger partial charge in [-0.2, -0.15) is 0 Å². The van der Waals surface area contributed by atoms with E-state index in [1.54, 1.807) is 24.3 Å². The largest absolute Gasteiger partial charge is 0.324 e. The Morgan fingerprint density at radius 2 is 1.61 bits per heavy atom. The van der Waals surface area contributed by atoms with Gasteiger partial charge in [0.25, 0.3) is 0 Å². The number of amides is 2. The first-order valence-electron chi connectivity index (χ1n) is 13.3. The molecule has 1 saturated heterocycles. The summed E-state index contributed by atoms with van der Waals surface area (Å²) in [6.07, 6.45) is 2.76. The van der Waals surface area contributed by atoms with E-state index in [1.165, 1.54) is 5.56 Å². The Hall–Kier alpha value is -3.39. The summed E-state index contributed by atoms with van der Waals surface area (Å²) in [5.41, 5.74) is 6.96. The van der Waals surface area contributed by atoms with E-state index in [9.17, 15) is 4.79 Å². The van der Waals surface area contributed by atoms with Crippen LogP contribution in [0.5, 0.6) is 0 Å². The fourth-order valence-electron chi connectivity index (χ4n) is 5.02. The highest BCUT2D eigenvalue weighted by molar-refractivity contribution is 6.30. The molecule has 0 unspecified atom stereocenters. The molecule has 0 saturated carbocycles. The van der Waals surface area contributed by atoms with Gasteiger partial charge >= 0.3 is 6.03 Å². The lowest BCUT2D eigenvalue weighted by Crippen LogP contribution is -2.45. The minimum Gasteiger partial charge on any atom is -0.308 e. The molecule has 8 heteroatoms. The zero-order valence-corrected chi connectivity index (χ0v) is 23.1. The summed E-state index contributed by atoms with van der Waals surface area (Å²) < 4.78 is 1.99. The molecule has 7 nitrogen and oxygen atoms in total. The standard InChI is InChI=1S/C30H35ClN6O/c1-4-27-29(34-30(38)32-26-12-10-25(31)11-13-26)37-20-24(18-21(3)28(37)33-27)23-8-6-22(7-9-23)19-36-16-14-35(5-2)15-17-36/h6-13,18,20H,4-5,14-17,19H2,1-3H3,(H2,32,34,38). The third-order valence-corrected chi connectivity index (χ3v) is 7.50. The smallest absolute Gasteiger partial charge is 0.308 e. The highest BCUT2D eigenvalue weighted by Crippen LogP contribution is 2.28. The lowest BCUT2D eigenvalue weighted by atomic mass is 10.0. The molecule has 1 aliphatic heterocycles. The number of hydrogen-bond donors (Lipinski definition) is 2. The van der Waals surface area contributed by atoms with Crippen molar-refractivity contribution >= 4 is 34.8 Å². The molecule has 2 N–H and O–H groups in total. The number of carbonyl (C=O) groups is 1. The molecular weight excluding hydrogens is 496 g/mol. The van der Waals surface area contributed by atoms with Crippen LogP contribution in [-0.2, 0) is 13.0 Å². The first kappa shape index (κ1) is 26.2. The number of halogens is 1. The Kier molecular flexibility index (Phi) is 7.98.